The van der Waals surface area contributed by atoms with Gasteiger partial charge in [0.2, 0.25) is 11.8 Å². The molecule has 0 aliphatic carbocycles. The molecule has 0 radical (unpaired) electrons. The molecule has 3 rings (SSSR count). The van der Waals surface area contributed by atoms with E-state index in [0.29, 0.717) is 12.1 Å². The quantitative estimate of drug-likeness (QED) is 0.844. The largest absolute Gasteiger partial charge is 0.323 e. The SMILES string of the molecule is CC1CC(=O)NN=C1c1ccc(NC(=O)/C=C/c2ccccc2)cc1. The third kappa shape index (κ3) is 4.41. The van der Waals surface area contributed by atoms with Crippen LogP contribution in [0.5, 0.6) is 0 Å². The van der Waals surface area contributed by atoms with Crippen LogP contribution in [0.3, 0.4) is 0 Å². The summed E-state index contributed by atoms with van der Waals surface area (Å²) in [5.74, 6) is -0.180. The zero-order chi connectivity index (χ0) is 17.6. The minimum Gasteiger partial charge on any atom is -0.323 e. The van der Waals surface area contributed by atoms with Crippen LogP contribution in [0.15, 0.2) is 65.8 Å². The number of benzene rings is 2. The van der Waals surface area contributed by atoms with Crippen molar-refractivity contribution in [2.24, 2.45) is 11.0 Å². The molecule has 126 valence electrons. The predicted octanol–water partition coefficient (Wildman–Crippen LogP) is 3.20. The Morgan fingerprint density at radius 3 is 2.56 bits per heavy atom. The molecule has 1 atom stereocenters. The summed E-state index contributed by atoms with van der Waals surface area (Å²) in [4.78, 5) is 23.3. The number of hydrogen-bond donors (Lipinski definition) is 2. The molecule has 1 heterocycles. The van der Waals surface area contributed by atoms with Gasteiger partial charge in [-0.1, -0.05) is 49.4 Å². The highest BCUT2D eigenvalue weighted by molar-refractivity contribution is 6.06. The van der Waals surface area contributed by atoms with Gasteiger partial charge < -0.3 is 5.32 Å². The number of rotatable bonds is 4. The topological polar surface area (TPSA) is 70.6 Å². The fraction of sp³-hybridized carbons (Fsp3) is 0.150. The highest BCUT2D eigenvalue weighted by Crippen LogP contribution is 2.18. The van der Waals surface area contributed by atoms with Gasteiger partial charge in [0.15, 0.2) is 0 Å². The van der Waals surface area contributed by atoms with Crippen LogP contribution < -0.4 is 10.7 Å². The Kier molecular flexibility index (Phi) is 5.04. The first-order valence-corrected chi connectivity index (χ1v) is 8.13. The molecule has 0 aromatic heterocycles. The number of nitrogens with zero attached hydrogens (tertiary/aromatic N) is 1. The number of hydrogen-bond acceptors (Lipinski definition) is 3. The first-order chi connectivity index (χ1) is 12.1. The van der Waals surface area contributed by atoms with Crippen molar-refractivity contribution in [1.82, 2.24) is 5.43 Å². The molecular formula is C20H19N3O2. The van der Waals surface area contributed by atoms with E-state index in [2.05, 4.69) is 15.8 Å². The zero-order valence-corrected chi connectivity index (χ0v) is 13.9. The van der Waals surface area contributed by atoms with Crippen LogP contribution in [0.2, 0.25) is 0 Å². The molecule has 1 aliphatic rings. The predicted molar refractivity (Wildman–Crippen MR) is 99.0 cm³/mol. The molecule has 0 saturated heterocycles. The summed E-state index contributed by atoms with van der Waals surface area (Å²) in [6.07, 6.45) is 3.71. The molecule has 2 N–H and O–H groups in total. The lowest BCUT2D eigenvalue weighted by Gasteiger charge is -2.19. The lowest BCUT2D eigenvalue weighted by Crippen LogP contribution is -2.31. The third-order valence-electron chi connectivity index (χ3n) is 3.93. The Morgan fingerprint density at radius 1 is 1.16 bits per heavy atom. The third-order valence-corrected chi connectivity index (χ3v) is 3.93. The highest BCUT2D eigenvalue weighted by atomic mass is 16.2. The van der Waals surface area contributed by atoms with Gasteiger partial charge in [0.05, 0.1) is 5.71 Å². The molecule has 1 unspecified atom stereocenters. The molecular weight excluding hydrogens is 314 g/mol. The standard InChI is InChI=1S/C20H19N3O2/c1-14-13-19(25)22-23-20(14)16-8-10-17(11-9-16)21-18(24)12-7-15-5-3-2-4-6-15/h2-12,14H,13H2,1H3,(H,21,24)(H,22,25)/b12-7+. The van der Waals surface area contributed by atoms with Gasteiger partial charge in [0, 0.05) is 24.1 Å². The van der Waals surface area contributed by atoms with E-state index in [0.717, 1.165) is 16.8 Å². The lowest BCUT2D eigenvalue weighted by molar-refractivity contribution is -0.121. The molecule has 1 aliphatic heterocycles. The summed E-state index contributed by atoms with van der Waals surface area (Å²) < 4.78 is 0. The van der Waals surface area contributed by atoms with Crippen LogP contribution in [-0.2, 0) is 9.59 Å². The normalized spacial score (nSPS) is 17.1. The maximum absolute atomic E-state index is 12.0. The van der Waals surface area contributed by atoms with Gasteiger partial charge in [0.1, 0.15) is 0 Å². The second-order valence-electron chi connectivity index (χ2n) is 5.95. The Hall–Kier alpha value is -3.21. The number of carbonyl (C=O) groups excluding carboxylic acids is 2. The van der Waals surface area contributed by atoms with Gasteiger partial charge in [-0.3, -0.25) is 9.59 Å². The van der Waals surface area contributed by atoms with E-state index in [1.54, 1.807) is 6.08 Å². The number of hydrazone groups is 1. The average molecular weight is 333 g/mol. The van der Waals surface area contributed by atoms with Crippen molar-refractivity contribution in [2.75, 3.05) is 5.32 Å². The van der Waals surface area contributed by atoms with Crippen molar-refractivity contribution in [2.45, 2.75) is 13.3 Å². The zero-order valence-electron chi connectivity index (χ0n) is 13.9. The molecule has 0 saturated carbocycles. The Morgan fingerprint density at radius 2 is 1.88 bits per heavy atom. The molecule has 25 heavy (non-hydrogen) atoms. The highest BCUT2D eigenvalue weighted by Gasteiger charge is 2.21. The van der Waals surface area contributed by atoms with Crippen LogP contribution in [-0.4, -0.2) is 17.5 Å². The monoisotopic (exact) mass is 333 g/mol. The van der Waals surface area contributed by atoms with E-state index in [4.69, 9.17) is 0 Å². The molecule has 0 bridgehead atoms. The molecule has 5 nitrogen and oxygen atoms in total. The Labute approximate surface area is 146 Å². The minimum atomic E-state index is -0.188. The fourth-order valence-corrected chi connectivity index (χ4v) is 2.65. The maximum Gasteiger partial charge on any atom is 0.248 e. The van der Waals surface area contributed by atoms with E-state index >= 15 is 0 Å². The van der Waals surface area contributed by atoms with Gasteiger partial charge in [-0.05, 0) is 29.3 Å². The summed E-state index contributed by atoms with van der Waals surface area (Å²) in [7, 11) is 0. The van der Waals surface area contributed by atoms with Gasteiger partial charge >= 0.3 is 0 Å². The van der Waals surface area contributed by atoms with Crippen LogP contribution in [0.4, 0.5) is 5.69 Å². The van der Waals surface area contributed by atoms with Crippen molar-refractivity contribution >= 4 is 29.3 Å². The van der Waals surface area contributed by atoms with E-state index in [1.165, 1.54) is 6.08 Å². The summed E-state index contributed by atoms with van der Waals surface area (Å²) in [6, 6.07) is 17.1. The Bertz CT molecular complexity index is 824. The second kappa shape index (κ2) is 7.57. The number of nitrogens with one attached hydrogen (secondary N) is 2. The van der Waals surface area contributed by atoms with Crippen molar-refractivity contribution in [3.05, 3.63) is 71.8 Å². The van der Waals surface area contributed by atoms with E-state index in [-0.39, 0.29) is 17.7 Å². The summed E-state index contributed by atoms with van der Waals surface area (Å²) in [6.45, 7) is 1.97. The van der Waals surface area contributed by atoms with Crippen LogP contribution in [0.1, 0.15) is 24.5 Å². The number of carbonyl (C=O) groups is 2. The first-order valence-electron chi connectivity index (χ1n) is 8.13. The van der Waals surface area contributed by atoms with Gasteiger partial charge in [0.25, 0.3) is 0 Å². The maximum atomic E-state index is 12.0. The van der Waals surface area contributed by atoms with Crippen molar-refractivity contribution in [3.8, 4) is 0 Å². The number of anilines is 1. The van der Waals surface area contributed by atoms with Crippen molar-refractivity contribution in [1.29, 1.82) is 0 Å². The molecule has 5 heteroatoms. The second-order valence-corrected chi connectivity index (χ2v) is 5.95. The van der Waals surface area contributed by atoms with Crippen molar-refractivity contribution in [3.63, 3.8) is 0 Å². The summed E-state index contributed by atoms with van der Waals surface area (Å²) in [5, 5.41) is 6.96. The fourth-order valence-electron chi connectivity index (χ4n) is 2.65. The molecule has 0 spiro atoms. The van der Waals surface area contributed by atoms with Crippen molar-refractivity contribution < 1.29 is 9.59 Å². The van der Waals surface area contributed by atoms with Gasteiger partial charge in [-0.25, -0.2) is 5.43 Å². The van der Waals surface area contributed by atoms with E-state index < -0.39 is 0 Å². The Balaban J connectivity index is 1.64. The van der Waals surface area contributed by atoms with Crippen LogP contribution in [0, 0.1) is 5.92 Å². The molecule has 2 aromatic rings. The first kappa shape index (κ1) is 16.6. The molecule has 2 aromatic carbocycles. The van der Waals surface area contributed by atoms with E-state index in [1.807, 2.05) is 61.5 Å². The summed E-state index contributed by atoms with van der Waals surface area (Å²) in [5.41, 5.74) is 5.97. The average Bonchev–Trinajstić information content (AvgIpc) is 2.62. The lowest BCUT2D eigenvalue weighted by atomic mass is 9.94. The van der Waals surface area contributed by atoms with Crippen LogP contribution >= 0.6 is 0 Å². The molecule has 2 amide bonds. The smallest absolute Gasteiger partial charge is 0.248 e. The van der Waals surface area contributed by atoms with E-state index in [9.17, 15) is 9.59 Å². The minimum absolute atomic E-state index is 0.0645. The molecule has 0 fully saturated rings. The summed E-state index contributed by atoms with van der Waals surface area (Å²) >= 11 is 0. The number of amides is 2. The van der Waals surface area contributed by atoms with Gasteiger partial charge in [-0.15, -0.1) is 0 Å². The van der Waals surface area contributed by atoms with Crippen LogP contribution in [0.25, 0.3) is 6.08 Å². The van der Waals surface area contributed by atoms with Gasteiger partial charge in [-0.2, -0.15) is 5.10 Å².